The molecule has 0 amide bonds. The average molecular weight is 434 g/mol. The molecule has 0 aromatic heterocycles. The van der Waals surface area contributed by atoms with Crippen molar-refractivity contribution in [3.8, 4) is 0 Å². The Labute approximate surface area is 153 Å². The van der Waals surface area contributed by atoms with Crippen LogP contribution in [-0.4, -0.2) is 13.1 Å². The zero-order chi connectivity index (χ0) is 16.2. The van der Waals surface area contributed by atoms with E-state index in [4.69, 9.17) is 0 Å². The summed E-state index contributed by atoms with van der Waals surface area (Å²) in [5.74, 6) is 0. The van der Waals surface area contributed by atoms with Gasteiger partial charge in [0, 0.05) is 33.4 Å². The molecule has 2 N–H and O–H groups in total. The van der Waals surface area contributed by atoms with Crippen LogP contribution in [0.4, 0.5) is 11.4 Å². The van der Waals surface area contributed by atoms with Gasteiger partial charge in [-0.15, -0.1) is 0 Å². The fraction of sp³-hybridized carbons (Fsp3) is 0.667. The summed E-state index contributed by atoms with van der Waals surface area (Å²) in [5.41, 5.74) is 2.33. The largest absolute Gasteiger partial charge is 0.384 e. The molecule has 0 aliphatic rings. The smallest absolute Gasteiger partial charge is 0.0497 e. The Morgan fingerprint density at radius 3 is 1.45 bits per heavy atom. The van der Waals surface area contributed by atoms with Gasteiger partial charge in [-0.1, -0.05) is 52.4 Å². The van der Waals surface area contributed by atoms with Crippen molar-refractivity contribution in [2.24, 2.45) is 0 Å². The fourth-order valence-electron chi connectivity index (χ4n) is 2.37. The van der Waals surface area contributed by atoms with E-state index in [9.17, 15) is 0 Å². The summed E-state index contributed by atoms with van der Waals surface area (Å²) in [6.07, 6.45) is 10.3. The molecule has 126 valence electrons. The predicted octanol–water partition coefficient (Wildman–Crippen LogP) is 7.20. The van der Waals surface area contributed by atoms with Gasteiger partial charge in [0.05, 0.1) is 0 Å². The molecule has 1 aromatic rings. The summed E-state index contributed by atoms with van der Waals surface area (Å²) in [5, 5.41) is 7.04. The number of hydrogen-bond donors (Lipinski definition) is 2. The molecule has 0 saturated heterocycles. The van der Waals surface area contributed by atoms with Gasteiger partial charge in [0.2, 0.25) is 0 Å². The standard InChI is InChI=1S/C18H30Br2N2/c1-3-5-7-9-11-21-17-13-16(20)18(14-15(17)19)22-12-10-8-6-4-2/h13-14,21-22H,3-12H2,1-2H3. The summed E-state index contributed by atoms with van der Waals surface area (Å²) in [7, 11) is 0. The van der Waals surface area contributed by atoms with Crippen LogP contribution in [-0.2, 0) is 0 Å². The van der Waals surface area contributed by atoms with E-state index < -0.39 is 0 Å². The lowest BCUT2D eigenvalue weighted by molar-refractivity contribution is 0.684. The molecule has 0 bridgehead atoms. The predicted molar refractivity (Wildman–Crippen MR) is 107 cm³/mol. The molecule has 0 aliphatic heterocycles. The fourth-order valence-corrected chi connectivity index (χ4v) is 3.33. The van der Waals surface area contributed by atoms with E-state index in [1.54, 1.807) is 0 Å². The highest BCUT2D eigenvalue weighted by atomic mass is 79.9. The topological polar surface area (TPSA) is 24.1 Å². The highest BCUT2D eigenvalue weighted by molar-refractivity contribution is 9.11. The van der Waals surface area contributed by atoms with Crippen molar-refractivity contribution in [1.82, 2.24) is 0 Å². The van der Waals surface area contributed by atoms with Crippen molar-refractivity contribution < 1.29 is 0 Å². The molecule has 0 fully saturated rings. The third kappa shape index (κ3) is 7.87. The Kier molecular flexibility index (Phi) is 11.0. The van der Waals surface area contributed by atoms with Gasteiger partial charge < -0.3 is 10.6 Å². The van der Waals surface area contributed by atoms with Crippen LogP contribution >= 0.6 is 31.9 Å². The van der Waals surface area contributed by atoms with Crippen molar-refractivity contribution in [3.05, 3.63) is 21.1 Å². The molecule has 22 heavy (non-hydrogen) atoms. The molecule has 0 atom stereocenters. The lowest BCUT2D eigenvalue weighted by atomic mass is 10.2. The SMILES string of the molecule is CCCCCCNc1cc(Br)c(NCCCCCC)cc1Br. The van der Waals surface area contributed by atoms with E-state index >= 15 is 0 Å². The van der Waals surface area contributed by atoms with Gasteiger partial charge in [-0.3, -0.25) is 0 Å². The highest BCUT2D eigenvalue weighted by Gasteiger charge is 2.06. The summed E-state index contributed by atoms with van der Waals surface area (Å²) < 4.78 is 2.25. The molecule has 0 heterocycles. The van der Waals surface area contributed by atoms with Gasteiger partial charge in [0.1, 0.15) is 0 Å². The lowest BCUT2D eigenvalue weighted by Crippen LogP contribution is -2.05. The molecular weight excluding hydrogens is 404 g/mol. The second kappa shape index (κ2) is 12.2. The summed E-state index contributed by atoms with van der Waals surface area (Å²) in [6, 6.07) is 4.33. The quantitative estimate of drug-likeness (QED) is 0.340. The number of hydrogen-bond acceptors (Lipinski definition) is 2. The van der Waals surface area contributed by atoms with Gasteiger partial charge in [-0.2, -0.15) is 0 Å². The minimum atomic E-state index is 1.04. The van der Waals surface area contributed by atoms with Crippen LogP contribution in [0, 0.1) is 0 Å². The van der Waals surface area contributed by atoms with E-state index in [0.29, 0.717) is 0 Å². The maximum atomic E-state index is 3.67. The number of rotatable bonds is 12. The summed E-state index contributed by atoms with van der Waals surface area (Å²) in [4.78, 5) is 0. The normalized spacial score (nSPS) is 10.7. The van der Waals surface area contributed by atoms with Crippen LogP contribution in [0.25, 0.3) is 0 Å². The molecule has 2 nitrogen and oxygen atoms in total. The summed E-state index contributed by atoms with van der Waals surface area (Å²) >= 11 is 7.35. The zero-order valence-electron chi connectivity index (χ0n) is 14.0. The van der Waals surface area contributed by atoms with E-state index in [1.807, 2.05) is 0 Å². The molecule has 0 spiro atoms. The van der Waals surface area contributed by atoms with Crippen LogP contribution in [0.15, 0.2) is 21.1 Å². The number of nitrogens with one attached hydrogen (secondary N) is 2. The van der Waals surface area contributed by atoms with Crippen LogP contribution in [0.3, 0.4) is 0 Å². The van der Waals surface area contributed by atoms with E-state index in [1.165, 1.54) is 62.7 Å². The second-order valence-electron chi connectivity index (χ2n) is 5.79. The maximum absolute atomic E-state index is 3.67. The van der Waals surface area contributed by atoms with Crippen LogP contribution < -0.4 is 10.6 Å². The van der Waals surface area contributed by atoms with E-state index in [0.717, 1.165) is 22.0 Å². The molecular formula is C18H30Br2N2. The first-order chi connectivity index (χ1) is 10.7. The Morgan fingerprint density at radius 2 is 1.09 bits per heavy atom. The van der Waals surface area contributed by atoms with Crippen molar-refractivity contribution >= 4 is 43.2 Å². The third-order valence-electron chi connectivity index (χ3n) is 3.75. The van der Waals surface area contributed by atoms with Gasteiger partial charge in [0.25, 0.3) is 0 Å². The molecule has 0 saturated carbocycles. The van der Waals surface area contributed by atoms with Crippen LogP contribution in [0.1, 0.15) is 65.2 Å². The van der Waals surface area contributed by atoms with E-state index in [-0.39, 0.29) is 0 Å². The zero-order valence-corrected chi connectivity index (χ0v) is 17.2. The minimum Gasteiger partial charge on any atom is -0.384 e. The second-order valence-corrected chi connectivity index (χ2v) is 7.50. The maximum Gasteiger partial charge on any atom is 0.0497 e. The van der Waals surface area contributed by atoms with E-state index in [2.05, 4.69) is 68.5 Å². The molecule has 0 unspecified atom stereocenters. The van der Waals surface area contributed by atoms with Gasteiger partial charge in [-0.05, 0) is 56.8 Å². The molecule has 1 rings (SSSR count). The van der Waals surface area contributed by atoms with Crippen molar-refractivity contribution in [2.75, 3.05) is 23.7 Å². The first kappa shape index (κ1) is 19.8. The average Bonchev–Trinajstić information content (AvgIpc) is 2.51. The van der Waals surface area contributed by atoms with Crippen molar-refractivity contribution in [3.63, 3.8) is 0 Å². The molecule has 0 radical (unpaired) electrons. The highest BCUT2D eigenvalue weighted by Crippen LogP contribution is 2.33. The molecule has 0 aliphatic carbocycles. The monoisotopic (exact) mass is 432 g/mol. The number of unbranched alkanes of at least 4 members (excludes halogenated alkanes) is 6. The summed E-state index contributed by atoms with van der Waals surface area (Å²) in [6.45, 7) is 6.56. The van der Waals surface area contributed by atoms with Crippen molar-refractivity contribution in [2.45, 2.75) is 65.2 Å². The number of benzene rings is 1. The molecule has 1 aromatic carbocycles. The number of halogens is 2. The first-order valence-corrected chi connectivity index (χ1v) is 10.2. The van der Waals surface area contributed by atoms with Gasteiger partial charge in [0.15, 0.2) is 0 Å². The Morgan fingerprint density at radius 1 is 0.682 bits per heavy atom. The van der Waals surface area contributed by atoms with Crippen molar-refractivity contribution in [1.29, 1.82) is 0 Å². The third-order valence-corrected chi connectivity index (χ3v) is 5.06. The Balaban J connectivity index is 2.42. The van der Waals surface area contributed by atoms with Gasteiger partial charge >= 0.3 is 0 Å². The lowest BCUT2D eigenvalue weighted by Gasteiger charge is -2.14. The Hall–Kier alpha value is -0.220. The van der Waals surface area contributed by atoms with Crippen LogP contribution in [0.2, 0.25) is 0 Å². The first-order valence-electron chi connectivity index (χ1n) is 8.65. The van der Waals surface area contributed by atoms with Crippen LogP contribution in [0.5, 0.6) is 0 Å². The van der Waals surface area contributed by atoms with Gasteiger partial charge in [-0.25, -0.2) is 0 Å². The number of anilines is 2. The minimum absolute atomic E-state index is 1.04. The Bertz CT molecular complexity index is 382. The molecule has 4 heteroatoms.